The lowest BCUT2D eigenvalue weighted by Crippen LogP contribution is -2.53. The van der Waals surface area contributed by atoms with E-state index in [1.165, 1.54) is 6.42 Å². The number of ether oxygens (including phenoxy) is 1. The van der Waals surface area contributed by atoms with Gasteiger partial charge in [0.15, 0.2) is 0 Å². The zero-order chi connectivity index (χ0) is 10.7. The van der Waals surface area contributed by atoms with Gasteiger partial charge >= 0.3 is 0 Å². The van der Waals surface area contributed by atoms with Crippen LogP contribution in [0.15, 0.2) is 0 Å². The van der Waals surface area contributed by atoms with Crippen molar-refractivity contribution in [3.63, 3.8) is 0 Å². The maximum Gasteiger partial charge on any atom is 0.0845 e. The lowest BCUT2D eigenvalue weighted by atomic mass is 10.0. The average molecular weight is 214 g/mol. The van der Waals surface area contributed by atoms with Crippen molar-refractivity contribution in [3.8, 4) is 0 Å². The third-order valence-electron chi connectivity index (χ3n) is 3.63. The molecule has 0 radical (unpaired) electrons. The Morgan fingerprint density at radius 1 is 1.13 bits per heavy atom. The summed E-state index contributed by atoms with van der Waals surface area (Å²) in [6.07, 6.45) is 4.02. The van der Waals surface area contributed by atoms with Gasteiger partial charge in [-0.15, -0.1) is 0 Å². The quantitative estimate of drug-likeness (QED) is 0.601. The molecular formula is C11H22N2O2. The number of hydrogen-bond donors (Lipinski definition) is 2. The van der Waals surface area contributed by atoms with Crippen molar-refractivity contribution in [2.45, 2.75) is 43.9 Å². The lowest BCUT2D eigenvalue weighted by molar-refractivity contribution is -0.0279. The molecule has 0 aromatic heterocycles. The van der Waals surface area contributed by atoms with Crippen molar-refractivity contribution in [3.05, 3.63) is 0 Å². The summed E-state index contributed by atoms with van der Waals surface area (Å²) in [5.41, 5.74) is 5.97. The summed E-state index contributed by atoms with van der Waals surface area (Å²) in [5.74, 6) is 0. The van der Waals surface area contributed by atoms with Gasteiger partial charge in [-0.3, -0.25) is 4.90 Å². The molecular weight excluding hydrogens is 192 g/mol. The van der Waals surface area contributed by atoms with Crippen molar-refractivity contribution < 1.29 is 9.84 Å². The fourth-order valence-corrected chi connectivity index (χ4v) is 2.67. The van der Waals surface area contributed by atoms with E-state index in [1.54, 1.807) is 0 Å². The van der Waals surface area contributed by atoms with Crippen molar-refractivity contribution in [2.75, 3.05) is 26.3 Å². The Bertz CT molecular complexity index is 195. The Hall–Kier alpha value is -0.160. The van der Waals surface area contributed by atoms with Crippen LogP contribution in [0.3, 0.4) is 0 Å². The Morgan fingerprint density at radius 2 is 1.80 bits per heavy atom. The number of hydrogen-bond acceptors (Lipinski definition) is 4. The topological polar surface area (TPSA) is 58.7 Å². The van der Waals surface area contributed by atoms with Crippen LogP contribution in [0.25, 0.3) is 0 Å². The van der Waals surface area contributed by atoms with E-state index in [1.807, 2.05) is 0 Å². The summed E-state index contributed by atoms with van der Waals surface area (Å²) in [6.45, 7) is 3.46. The number of aliphatic hydroxyl groups is 1. The van der Waals surface area contributed by atoms with E-state index in [-0.39, 0.29) is 18.2 Å². The molecule has 0 bridgehead atoms. The van der Waals surface area contributed by atoms with E-state index < -0.39 is 0 Å². The molecule has 0 aromatic rings. The summed E-state index contributed by atoms with van der Waals surface area (Å²) in [7, 11) is 0. The van der Waals surface area contributed by atoms with Crippen LogP contribution in [-0.2, 0) is 4.74 Å². The van der Waals surface area contributed by atoms with Gasteiger partial charge in [0.25, 0.3) is 0 Å². The van der Waals surface area contributed by atoms with Crippen LogP contribution >= 0.6 is 0 Å². The Balaban J connectivity index is 1.97. The Labute approximate surface area is 91.4 Å². The zero-order valence-corrected chi connectivity index (χ0v) is 9.27. The van der Waals surface area contributed by atoms with Crippen LogP contribution in [0, 0.1) is 0 Å². The third-order valence-corrected chi connectivity index (χ3v) is 3.63. The van der Waals surface area contributed by atoms with Crippen LogP contribution in [-0.4, -0.2) is 54.5 Å². The summed E-state index contributed by atoms with van der Waals surface area (Å²) in [6, 6.07) is 0.215. The number of nitrogens with zero attached hydrogens (tertiary/aromatic N) is 1. The predicted octanol–water partition coefficient (Wildman–Crippen LogP) is -0.0506. The average Bonchev–Trinajstić information content (AvgIpc) is 2.44. The molecule has 0 spiro atoms. The van der Waals surface area contributed by atoms with Crippen molar-refractivity contribution in [1.82, 2.24) is 4.90 Å². The summed E-state index contributed by atoms with van der Waals surface area (Å²) in [4.78, 5) is 2.35. The third kappa shape index (κ3) is 2.69. The smallest absolute Gasteiger partial charge is 0.0845 e. The highest BCUT2D eigenvalue weighted by Crippen LogP contribution is 2.22. The molecule has 15 heavy (non-hydrogen) atoms. The minimum atomic E-state index is -0.356. The normalized spacial score (nSPS) is 40.0. The molecule has 2 fully saturated rings. The molecule has 4 nitrogen and oxygen atoms in total. The molecule has 1 saturated heterocycles. The van der Waals surface area contributed by atoms with Gasteiger partial charge < -0.3 is 15.6 Å². The van der Waals surface area contributed by atoms with Gasteiger partial charge in [-0.05, 0) is 12.8 Å². The molecule has 88 valence electrons. The van der Waals surface area contributed by atoms with Gasteiger partial charge in [-0.25, -0.2) is 0 Å². The molecule has 1 heterocycles. The molecule has 1 aliphatic carbocycles. The molecule has 0 amide bonds. The molecule has 2 aliphatic rings. The standard InChI is InChI=1S/C11H22N2O2/c12-9-3-1-2-4-10(11(9)14)13-5-7-15-8-6-13/h9-11,14H,1-8,12H2/t9-,10-,11-/m1/s1. The monoisotopic (exact) mass is 214 g/mol. The van der Waals surface area contributed by atoms with Crippen molar-refractivity contribution in [1.29, 1.82) is 0 Å². The number of rotatable bonds is 1. The first-order chi connectivity index (χ1) is 7.29. The van der Waals surface area contributed by atoms with E-state index in [2.05, 4.69) is 4.90 Å². The maximum atomic E-state index is 10.2. The molecule has 2 rings (SSSR count). The summed E-state index contributed by atoms with van der Waals surface area (Å²) >= 11 is 0. The van der Waals surface area contributed by atoms with Gasteiger partial charge in [-0.1, -0.05) is 12.8 Å². The first-order valence-electron chi connectivity index (χ1n) is 6.04. The van der Waals surface area contributed by atoms with Crippen molar-refractivity contribution >= 4 is 0 Å². The molecule has 3 atom stereocenters. The first-order valence-corrected chi connectivity index (χ1v) is 6.04. The highest BCUT2D eigenvalue weighted by atomic mass is 16.5. The summed E-state index contributed by atoms with van der Waals surface area (Å²) < 4.78 is 5.33. The van der Waals surface area contributed by atoms with E-state index >= 15 is 0 Å². The minimum Gasteiger partial charge on any atom is -0.390 e. The lowest BCUT2D eigenvalue weighted by Gasteiger charge is -2.37. The van der Waals surface area contributed by atoms with E-state index in [9.17, 15) is 5.11 Å². The predicted molar refractivity (Wildman–Crippen MR) is 58.6 cm³/mol. The fourth-order valence-electron chi connectivity index (χ4n) is 2.67. The fraction of sp³-hybridized carbons (Fsp3) is 1.00. The number of aliphatic hydroxyl groups excluding tert-OH is 1. The van der Waals surface area contributed by atoms with Gasteiger partial charge in [-0.2, -0.15) is 0 Å². The second-order valence-corrected chi connectivity index (χ2v) is 4.65. The van der Waals surface area contributed by atoms with Gasteiger partial charge in [0, 0.05) is 25.2 Å². The minimum absolute atomic E-state index is 0.0413. The highest BCUT2D eigenvalue weighted by molar-refractivity contribution is 4.89. The van der Waals surface area contributed by atoms with Crippen molar-refractivity contribution in [2.24, 2.45) is 5.73 Å². The first kappa shape index (κ1) is 11.3. The Morgan fingerprint density at radius 3 is 2.53 bits per heavy atom. The van der Waals surface area contributed by atoms with Crippen LogP contribution in [0.2, 0.25) is 0 Å². The summed E-state index contributed by atoms with van der Waals surface area (Å²) in [5, 5.41) is 10.2. The van der Waals surface area contributed by atoms with Gasteiger partial charge in [0.1, 0.15) is 0 Å². The molecule has 0 aromatic carbocycles. The van der Waals surface area contributed by atoms with Crippen LogP contribution in [0.5, 0.6) is 0 Å². The van der Waals surface area contributed by atoms with E-state index in [0.717, 1.165) is 45.6 Å². The van der Waals surface area contributed by atoms with Crippen LogP contribution in [0.4, 0.5) is 0 Å². The largest absolute Gasteiger partial charge is 0.390 e. The van der Waals surface area contributed by atoms with Crippen LogP contribution in [0.1, 0.15) is 25.7 Å². The molecule has 1 saturated carbocycles. The second-order valence-electron chi connectivity index (χ2n) is 4.65. The zero-order valence-electron chi connectivity index (χ0n) is 9.27. The van der Waals surface area contributed by atoms with Crippen LogP contribution < -0.4 is 5.73 Å². The van der Waals surface area contributed by atoms with Gasteiger partial charge in [0.2, 0.25) is 0 Å². The van der Waals surface area contributed by atoms with E-state index in [4.69, 9.17) is 10.5 Å². The molecule has 0 unspecified atom stereocenters. The molecule has 3 N–H and O–H groups in total. The number of morpholine rings is 1. The molecule has 4 heteroatoms. The van der Waals surface area contributed by atoms with Gasteiger partial charge in [0.05, 0.1) is 19.3 Å². The SMILES string of the molecule is N[C@@H]1CCCC[C@@H](N2CCOCC2)[C@@H]1O. The second kappa shape index (κ2) is 5.25. The maximum absolute atomic E-state index is 10.2. The highest BCUT2D eigenvalue weighted by Gasteiger charge is 2.32. The Kier molecular flexibility index (Phi) is 3.97. The molecule has 1 aliphatic heterocycles. The number of nitrogens with two attached hydrogens (primary N) is 1. The van der Waals surface area contributed by atoms with E-state index in [0.29, 0.717) is 0 Å².